The second-order valence-corrected chi connectivity index (χ2v) is 6.59. The lowest BCUT2D eigenvalue weighted by molar-refractivity contribution is -0.134. The van der Waals surface area contributed by atoms with Crippen LogP contribution in [0, 0.1) is 5.92 Å². The van der Waals surface area contributed by atoms with Crippen LogP contribution in [0.3, 0.4) is 0 Å². The maximum Gasteiger partial charge on any atom is 0.244 e. The van der Waals surface area contributed by atoms with Crippen molar-refractivity contribution in [3.8, 4) is 0 Å². The fourth-order valence-electron chi connectivity index (χ4n) is 3.44. The highest BCUT2D eigenvalue weighted by Crippen LogP contribution is 2.37. The molecule has 1 N–H and O–H groups in total. The van der Waals surface area contributed by atoms with Crippen LogP contribution in [0.2, 0.25) is 0 Å². The molecule has 4 nitrogen and oxygen atoms in total. The summed E-state index contributed by atoms with van der Waals surface area (Å²) in [6.45, 7) is 8.72. The van der Waals surface area contributed by atoms with Crippen molar-refractivity contribution in [2.45, 2.75) is 71.0 Å². The van der Waals surface area contributed by atoms with Gasteiger partial charge in [-0.2, -0.15) is 0 Å². The summed E-state index contributed by atoms with van der Waals surface area (Å²) in [4.78, 5) is 14.8. The zero-order valence-corrected chi connectivity index (χ0v) is 13.3. The summed E-state index contributed by atoms with van der Waals surface area (Å²) >= 11 is 0. The van der Waals surface area contributed by atoms with Gasteiger partial charge < -0.3 is 9.64 Å². The number of nitrogens with zero attached hydrogens (tertiary/aromatic N) is 1. The quantitative estimate of drug-likeness (QED) is 0.730. The molecule has 1 saturated heterocycles. The Morgan fingerprint density at radius 1 is 1.35 bits per heavy atom. The first-order valence-electron chi connectivity index (χ1n) is 8.27. The molecule has 1 heterocycles. The summed E-state index contributed by atoms with van der Waals surface area (Å²) in [6, 6.07) is 0. The van der Waals surface area contributed by atoms with E-state index in [1.165, 1.54) is 12.8 Å². The summed E-state index contributed by atoms with van der Waals surface area (Å²) in [5.41, 5.74) is -0.252. The first-order chi connectivity index (χ1) is 9.60. The van der Waals surface area contributed by atoms with Gasteiger partial charge in [0.1, 0.15) is 0 Å². The van der Waals surface area contributed by atoms with Crippen LogP contribution < -0.4 is 5.32 Å². The number of carbonyl (C=O) groups is 1. The van der Waals surface area contributed by atoms with Gasteiger partial charge >= 0.3 is 0 Å². The highest BCUT2D eigenvalue weighted by Gasteiger charge is 2.52. The molecule has 2 aliphatic rings. The molecule has 20 heavy (non-hydrogen) atoms. The molecule has 0 bridgehead atoms. The highest BCUT2D eigenvalue weighted by atomic mass is 16.5. The number of hydrogen-bond donors (Lipinski definition) is 1. The number of hydrogen-bond acceptors (Lipinski definition) is 3. The van der Waals surface area contributed by atoms with Gasteiger partial charge in [0.2, 0.25) is 5.91 Å². The van der Waals surface area contributed by atoms with E-state index >= 15 is 0 Å². The van der Waals surface area contributed by atoms with E-state index in [-0.39, 0.29) is 11.7 Å². The molecule has 0 aromatic rings. The summed E-state index contributed by atoms with van der Waals surface area (Å²) < 4.78 is 5.64. The van der Waals surface area contributed by atoms with Gasteiger partial charge in [0.05, 0.1) is 18.3 Å². The van der Waals surface area contributed by atoms with E-state index in [0.29, 0.717) is 18.4 Å². The monoisotopic (exact) mass is 282 g/mol. The third kappa shape index (κ3) is 3.17. The Kier molecular flexibility index (Phi) is 5.44. The van der Waals surface area contributed by atoms with Gasteiger partial charge in [-0.05, 0) is 25.2 Å². The van der Waals surface area contributed by atoms with E-state index in [0.717, 1.165) is 38.8 Å². The minimum Gasteiger partial charge on any atom is -0.380 e. The third-order valence-corrected chi connectivity index (χ3v) is 4.64. The lowest BCUT2D eigenvalue weighted by atomic mass is 9.98. The number of nitrogens with one attached hydrogen (secondary N) is 1. The zero-order chi connectivity index (χ0) is 14.6. The summed E-state index contributed by atoms with van der Waals surface area (Å²) in [5, 5.41) is 3.64. The number of unbranched alkanes of at least 4 members (excludes halogenated alkanes) is 1. The summed E-state index contributed by atoms with van der Waals surface area (Å²) in [6.07, 6.45) is 6.78. The second-order valence-electron chi connectivity index (χ2n) is 6.59. The Labute approximate surface area is 123 Å². The molecule has 4 heteroatoms. The first-order valence-corrected chi connectivity index (χ1v) is 8.27. The van der Waals surface area contributed by atoms with Crippen LogP contribution in [0.4, 0.5) is 0 Å². The fraction of sp³-hybridized carbons (Fsp3) is 0.938. The zero-order valence-electron chi connectivity index (χ0n) is 13.3. The van der Waals surface area contributed by atoms with Gasteiger partial charge in [0.25, 0.3) is 0 Å². The van der Waals surface area contributed by atoms with E-state index < -0.39 is 0 Å². The van der Waals surface area contributed by atoms with E-state index in [1.54, 1.807) is 0 Å². The fourth-order valence-corrected chi connectivity index (χ4v) is 3.44. The predicted octanol–water partition coefficient (Wildman–Crippen LogP) is 2.53. The lowest BCUT2D eigenvalue weighted by Gasteiger charge is -2.27. The number of amides is 1. The molecule has 1 spiro atoms. The number of carbonyl (C=O) groups excluding carboxylic acids is 1. The molecule has 0 aromatic heterocycles. The van der Waals surface area contributed by atoms with Crippen LogP contribution in [-0.2, 0) is 9.53 Å². The number of ether oxygens (including phenoxy) is 1. The standard InChI is InChI=1S/C16H30N2O2/c1-4-5-11-20-12-10-18-14(13(2)3)17-16(15(18)19)8-6-7-9-16/h13-14,17H,4-12H2,1-3H3. The average molecular weight is 282 g/mol. The van der Waals surface area contributed by atoms with Crippen molar-refractivity contribution >= 4 is 5.91 Å². The molecular weight excluding hydrogens is 252 g/mol. The van der Waals surface area contributed by atoms with Crippen molar-refractivity contribution in [2.75, 3.05) is 19.8 Å². The molecule has 116 valence electrons. The van der Waals surface area contributed by atoms with Gasteiger partial charge in [-0.1, -0.05) is 40.0 Å². The van der Waals surface area contributed by atoms with E-state index in [2.05, 4.69) is 26.1 Å². The molecule has 2 fully saturated rings. The Bertz CT molecular complexity index is 324. The molecule has 0 radical (unpaired) electrons. The van der Waals surface area contributed by atoms with Crippen molar-refractivity contribution in [1.29, 1.82) is 0 Å². The van der Waals surface area contributed by atoms with Crippen LogP contribution in [0.15, 0.2) is 0 Å². The third-order valence-electron chi connectivity index (χ3n) is 4.64. The van der Waals surface area contributed by atoms with Crippen LogP contribution in [0.5, 0.6) is 0 Å². The van der Waals surface area contributed by atoms with Crippen molar-refractivity contribution in [1.82, 2.24) is 10.2 Å². The van der Waals surface area contributed by atoms with Crippen molar-refractivity contribution in [3.63, 3.8) is 0 Å². The Balaban J connectivity index is 1.92. The van der Waals surface area contributed by atoms with Crippen molar-refractivity contribution in [3.05, 3.63) is 0 Å². The Hall–Kier alpha value is -0.610. The SMILES string of the molecule is CCCCOCCN1C(=O)C2(CCCC2)NC1C(C)C. The van der Waals surface area contributed by atoms with Gasteiger partial charge in [-0.3, -0.25) is 10.1 Å². The summed E-state index contributed by atoms with van der Waals surface area (Å²) in [5.74, 6) is 0.752. The minimum atomic E-state index is -0.252. The maximum atomic E-state index is 12.8. The van der Waals surface area contributed by atoms with Crippen molar-refractivity contribution < 1.29 is 9.53 Å². The van der Waals surface area contributed by atoms with E-state index in [1.807, 2.05) is 4.90 Å². The molecule has 1 aliphatic heterocycles. The molecule has 2 rings (SSSR count). The van der Waals surface area contributed by atoms with Crippen LogP contribution >= 0.6 is 0 Å². The normalized spacial score (nSPS) is 25.3. The molecule has 1 amide bonds. The topological polar surface area (TPSA) is 41.6 Å². The van der Waals surface area contributed by atoms with E-state index in [4.69, 9.17) is 4.74 Å². The van der Waals surface area contributed by atoms with Crippen LogP contribution in [0.25, 0.3) is 0 Å². The second kappa shape index (κ2) is 6.90. The van der Waals surface area contributed by atoms with Crippen LogP contribution in [0.1, 0.15) is 59.3 Å². The molecular formula is C16H30N2O2. The Morgan fingerprint density at radius 2 is 2.05 bits per heavy atom. The van der Waals surface area contributed by atoms with E-state index in [9.17, 15) is 4.79 Å². The van der Waals surface area contributed by atoms with Gasteiger partial charge in [-0.25, -0.2) is 0 Å². The average Bonchev–Trinajstić information content (AvgIpc) is 2.99. The van der Waals surface area contributed by atoms with Crippen LogP contribution in [-0.4, -0.2) is 42.3 Å². The molecule has 1 saturated carbocycles. The highest BCUT2D eigenvalue weighted by molar-refractivity contribution is 5.89. The number of rotatable bonds is 7. The van der Waals surface area contributed by atoms with Crippen molar-refractivity contribution in [2.24, 2.45) is 5.92 Å². The molecule has 1 aliphatic carbocycles. The lowest BCUT2D eigenvalue weighted by Crippen LogP contribution is -2.45. The Morgan fingerprint density at radius 3 is 2.65 bits per heavy atom. The predicted molar refractivity (Wildman–Crippen MR) is 80.4 cm³/mol. The van der Waals surface area contributed by atoms with Gasteiger partial charge in [-0.15, -0.1) is 0 Å². The smallest absolute Gasteiger partial charge is 0.244 e. The van der Waals surface area contributed by atoms with Gasteiger partial charge in [0.15, 0.2) is 0 Å². The molecule has 0 aromatic carbocycles. The largest absolute Gasteiger partial charge is 0.380 e. The van der Waals surface area contributed by atoms with Gasteiger partial charge in [0, 0.05) is 13.2 Å². The molecule has 1 atom stereocenters. The minimum absolute atomic E-state index is 0.176. The first kappa shape index (κ1) is 15.8. The summed E-state index contributed by atoms with van der Waals surface area (Å²) in [7, 11) is 0. The maximum absolute atomic E-state index is 12.8. The molecule has 1 unspecified atom stereocenters.